The average molecular weight is 257 g/mol. The number of benzene rings is 1. The van der Waals surface area contributed by atoms with Gasteiger partial charge in [-0.3, -0.25) is 0 Å². The van der Waals surface area contributed by atoms with Gasteiger partial charge in [0, 0.05) is 30.6 Å². The molecule has 0 aliphatic heterocycles. The molecule has 0 amide bonds. The van der Waals surface area contributed by atoms with Gasteiger partial charge in [0.15, 0.2) is 0 Å². The monoisotopic (exact) mass is 257 g/mol. The predicted molar refractivity (Wildman–Crippen MR) is 73.4 cm³/mol. The minimum atomic E-state index is 0.290. The molecule has 0 saturated carbocycles. The Morgan fingerprint density at radius 2 is 2.17 bits per heavy atom. The van der Waals surface area contributed by atoms with E-state index in [9.17, 15) is 0 Å². The summed E-state index contributed by atoms with van der Waals surface area (Å²) in [5.41, 5.74) is 1.90. The van der Waals surface area contributed by atoms with Gasteiger partial charge in [0.05, 0.1) is 16.6 Å². The van der Waals surface area contributed by atoms with Crippen molar-refractivity contribution in [3.8, 4) is 6.07 Å². The van der Waals surface area contributed by atoms with Crippen molar-refractivity contribution in [3.63, 3.8) is 0 Å². The molecule has 1 atom stereocenters. The molecule has 1 unspecified atom stereocenters. The third kappa shape index (κ3) is 3.39. The first kappa shape index (κ1) is 12.7. The molecule has 0 saturated heterocycles. The van der Waals surface area contributed by atoms with Crippen LogP contribution in [-0.4, -0.2) is 11.5 Å². The van der Waals surface area contributed by atoms with E-state index in [2.05, 4.69) is 23.3 Å². The van der Waals surface area contributed by atoms with Gasteiger partial charge in [-0.25, -0.2) is 4.98 Å². The molecule has 3 nitrogen and oxygen atoms in total. The Bertz CT molecular complexity index is 511. The summed E-state index contributed by atoms with van der Waals surface area (Å²) in [5, 5.41) is 15.4. The Kier molecular flexibility index (Phi) is 4.46. The summed E-state index contributed by atoms with van der Waals surface area (Å²) in [7, 11) is 0. The van der Waals surface area contributed by atoms with Gasteiger partial charge < -0.3 is 5.32 Å². The molecule has 0 bridgehead atoms. The summed E-state index contributed by atoms with van der Waals surface area (Å²) in [4.78, 5) is 4.25. The maximum Gasteiger partial charge on any atom is 0.0991 e. The number of nitrogens with zero attached hydrogens (tertiary/aromatic N) is 2. The highest BCUT2D eigenvalue weighted by Gasteiger charge is 2.04. The Labute approximate surface area is 111 Å². The lowest BCUT2D eigenvalue weighted by Crippen LogP contribution is -2.21. The van der Waals surface area contributed by atoms with Gasteiger partial charge in [0.2, 0.25) is 0 Å². The summed E-state index contributed by atoms with van der Waals surface area (Å²) in [6.07, 6.45) is 2.79. The molecule has 1 heterocycles. The van der Waals surface area contributed by atoms with Crippen LogP contribution in [0.2, 0.25) is 0 Å². The van der Waals surface area contributed by atoms with E-state index in [0.717, 1.165) is 18.0 Å². The largest absolute Gasteiger partial charge is 0.310 e. The summed E-state index contributed by atoms with van der Waals surface area (Å²) in [6.45, 7) is 3.04. The Morgan fingerprint density at radius 1 is 1.39 bits per heavy atom. The number of aromatic nitrogens is 1. The second-order valence-electron chi connectivity index (χ2n) is 4.09. The van der Waals surface area contributed by atoms with Crippen LogP contribution in [0.3, 0.4) is 0 Å². The number of hydrogen-bond donors (Lipinski definition) is 1. The maximum atomic E-state index is 8.74. The zero-order valence-corrected chi connectivity index (χ0v) is 11.1. The van der Waals surface area contributed by atoms with Gasteiger partial charge in [-0.15, -0.1) is 11.3 Å². The first-order valence-electron chi connectivity index (χ1n) is 5.91. The topological polar surface area (TPSA) is 48.7 Å². The Morgan fingerprint density at radius 3 is 2.78 bits per heavy atom. The molecule has 0 radical (unpaired) electrons. The molecule has 4 heteroatoms. The highest BCUT2D eigenvalue weighted by molar-refractivity contribution is 7.09. The van der Waals surface area contributed by atoms with Gasteiger partial charge in [-0.05, 0) is 24.6 Å². The molecule has 0 aliphatic carbocycles. The summed E-state index contributed by atoms with van der Waals surface area (Å²) in [5.74, 6) is 0. The SMILES string of the molecule is CC(NCCc1nccs1)c1ccc(C#N)cc1. The van der Waals surface area contributed by atoms with E-state index in [4.69, 9.17) is 5.26 Å². The lowest BCUT2D eigenvalue weighted by molar-refractivity contribution is 0.576. The van der Waals surface area contributed by atoms with Crippen LogP contribution < -0.4 is 5.32 Å². The summed E-state index contributed by atoms with van der Waals surface area (Å²) >= 11 is 1.69. The number of hydrogen-bond acceptors (Lipinski definition) is 4. The highest BCUT2D eigenvalue weighted by Crippen LogP contribution is 2.13. The fraction of sp³-hybridized carbons (Fsp3) is 0.286. The molecule has 1 N–H and O–H groups in total. The highest BCUT2D eigenvalue weighted by atomic mass is 32.1. The van der Waals surface area contributed by atoms with Crippen molar-refractivity contribution in [2.75, 3.05) is 6.54 Å². The molecular formula is C14H15N3S. The molecule has 1 aromatic carbocycles. The molecule has 18 heavy (non-hydrogen) atoms. The fourth-order valence-corrected chi connectivity index (χ4v) is 2.36. The van der Waals surface area contributed by atoms with E-state index in [-0.39, 0.29) is 6.04 Å². The van der Waals surface area contributed by atoms with Crippen LogP contribution in [0.5, 0.6) is 0 Å². The first-order chi connectivity index (χ1) is 8.79. The van der Waals surface area contributed by atoms with Crippen LogP contribution in [0.1, 0.15) is 29.1 Å². The third-order valence-electron chi connectivity index (χ3n) is 2.81. The average Bonchev–Trinajstić information content (AvgIpc) is 2.92. The van der Waals surface area contributed by atoms with Crippen molar-refractivity contribution in [1.82, 2.24) is 10.3 Å². The minimum Gasteiger partial charge on any atom is -0.310 e. The van der Waals surface area contributed by atoms with Crippen molar-refractivity contribution >= 4 is 11.3 Å². The normalized spacial score (nSPS) is 12.0. The number of thiazole rings is 1. The van der Waals surface area contributed by atoms with Gasteiger partial charge in [0.1, 0.15) is 0 Å². The number of nitrogens with one attached hydrogen (secondary N) is 1. The summed E-state index contributed by atoms with van der Waals surface area (Å²) < 4.78 is 0. The minimum absolute atomic E-state index is 0.290. The molecule has 92 valence electrons. The van der Waals surface area contributed by atoms with Crippen molar-refractivity contribution < 1.29 is 0 Å². The van der Waals surface area contributed by atoms with E-state index in [1.165, 1.54) is 5.56 Å². The van der Waals surface area contributed by atoms with Gasteiger partial charge in [0.25, 0.3) is 0 Å². The second kappa shape index (κ2) is 6.29. The van der Waals surface area contributed by atoms with Crippen LogP contribution in [0.4, 0.5) is 0 Å². The van der Waals surface area contributed by atoms with E-state index in [0.29, 0.717) is 5.56 Å². The van der Waals surface area contributed by atoms with Gasteiger partial charge in [-0.1, -0.05) is 12.1 Å². The van der Waals surface area contributed by atoms with Gasteiger partial charge in [-0.2, -0.15) is 5.26 Å². The van der Waals surface area contributed by atoms with E-state index >= 15 is 0 Å². The van der Waals surface area contributed by atoms with Gasteiger partial charge >= 0.3 is 0 Å². The van der Waals surface area contributed by atoms with Crippen molar-refractivity contribution in [2.45, 2.75) is 19.4 Å². The van der Waals surface area contributed by atoms with Crippen molar-refractivity contribution in [1.29, 1.82) is 5.26 Å². The van der Waals surface area contributed by atoms with E-state index in [1.807, 2.05) is 35.8 Å². The fourth-order valence-electron chi connectivity index (χ4n) is 1.74. The molecule has 2 aromatic rings. The summed E-state index contributed by atoms with van der Waals surface area (Å²) in [6, 6.07) is 10.1. The van der Waals surface area contributed by atoms with E-state index < -0.39 is 0 Å². The second-order valence-corrected chi connectivity index (χ2v) is 5.06. The van der Waals surface area contributed by atoms with Crippen molar-refractivity contribution in [3.05, 3.63) is 52.0 Å². The van der Waals surface area contributed by atoms with Crippen LogP contribution >= 0.6 is 11.3 Å². The molecule has 0 spiro atoms. The third-order valence-corrected chi connectivity index (χ3v) is 3.65. The Hall–Kier alpha value is -1.70. The number of nitriles is 1. The zero-order valence-electron chi connectivity index (χ0n) is 10.3. The van der Waals surface area contributed by atoms with Crippen LogP contribution in [0, 0.1) is 11.3 Å². The smallest absolute Gasteiger partial charge is 0.0991 e. The lowest BCUT2D eigenvalue weighted by atomic mass is 10.1. The zero-order chi connectivity index (χ0) is 12.8. The molecule has 0 aliphatic rings. The molecule has 0 fully saturated rings. The predicted octanol–water partition coefficient (Wildman–Crippen LogP) is 2.91. The Balaban J connectivity index is 1.83. The standard InChI is InChI=1S/C14H15N3S/c1-11(13-4-2-12(10-15)3-5-13)16-7-6-14-17-8-9-18-14/h2-5,8-9,11,16H,6-7H2,1H3. The van der Waals surface area contributed by atoms with Crippen LogP contribution in [0.25, 0.3) is 0 Å². The van der Waals surface area contributed by atoms with Crippen molar-refractivity contribution in [2.24, 2.45) is 0 Å². The van der Waals surface area contributed by atoms with E-state index in [1.54, 1.807) is 11.3 Å². The molecule has 2 rings (SSSR count). The molecular weight excluding hydrogens is 242 g/mol. The quantitative estimate of drug-likeness (QED) is 0.896. The first-order valence-corrected chi connectivity index (χ1v) is 6.79. The molecule has 1 aromatic heterocycles. The lowest BCUT2D eigenvalue weighted by Gasteiger charge is -2.13. The van der Waals surface area contributed by atoms with Crippen LogP contribution in [-0.2, 0) is 6.42 Å². The number of rotatable bonds is 5. The maximum absolute atomic E-state index is 8.74. The van der Waals surface area contributed by atoms with Crippen LogP contribution in [0.15, 0.2) is 35.8 Å².